The third-order valence-corrected chi connectivity index (χ3v) is 5.08. The number of amides is 1. The van der Waals surface area contributed by atoms with Crippen LogP contribution in [0.15, 0.2) is 48.5 Å². The summed E-state index contributed by atoms with van der Waals surface area (Å²) in [6.45, 7) is 0.349. The van der Waals surface area contributed by atoms with E-state index in [1.807, 2.05) is 0 Å². The van der Waals surface area contributed by atoms with Crippen molar-refractivity contribution in [2.24, 2.45) is 0 Å². The van der Waals surface area contributed by atoms with E-state index in [9.17, 15) is 18.0 Å². The van der Waals surface area contributed by atoms with Crippen molar-refractivity contribution in [3.63, 3.8) is 0 Å². The fourth-order valence-corrected chi connectivity index (χ4v) is 3.35. The summed E-state index contributed by atoms with van der Waals surface area (Å²) in [4.78, 5) is 12.2. The molecular formula is C20H22ClF3N2O. The molecule has 0 radical (unpaired) electrons. The molecule has 2 aromatic rings. The predicted octanol–water partition coefficient (Wildman–Crippen LogP) is 4.49. The highest BCUT2D eigenvalue weighted by Crippen LogP contribution is 2.44. The number of anilines is 1. The summed E-state index contributed by atoms with van der Waals surface area (Å²) >= 11 is 0. The van der Waals surface area contributed by atoms with Gasteiger partial charge in [0.25, 0.3) is 0 Å². The largest absolute Gasteiger partial charge is 0.416 e. The zero-order chi connectivity index (χ0) is 18.8. The molecule has 1 amide bonds. The van der Waals surface area contributed by atoms with Crippen LogP contribution in [0.5, 0.6) is 0 Å². The highest BCUT2D eigenvalue weighted by Gasteiger charge is 2.40. The molecule has 1 aliphatic rings. The van der Waals surface area contributed by atoms with Gasteiger partial charge in [0.2, 0.25) is 5.91 Å². The van der Waals surface area contributed by atoms with Gasteiger partial charge in [-0.1, -0.05) is 36.8 Å². The summed E-state index contributed by atoms with van der Waals surface area (Å²) in [5.74, 6) is -0.145. The van der Waals surface area contributed by atoms with Crippen molar-refractivity contribution in [1.29, 1.82) is 0 Å². The minimum Gasteiger partial charge on any atom is -0.399 e. The molecule has 1 saturated carbocycles. The van der Waals surface area contributed by atoms with Crippen LogP contribution in [-0.2, 0) is 22.8 Å². The van der Waals surface area contributed by atoms with E-state index >= 15 is 0 Å². The first-order chi connectivity index (χ1) is 12.3. The Morgan fingerprint density at radius 2 is 1.78 bits per heavy atom. The van der Waals surface area contributed by atoms with Gasteiger partial charge in [-0.3, -0.25) is 4.79 Å². The summed E-state index contributed by atoms with van der Waals surface area (Å²) in [6, 6.07) is 12.5. The summed E-state index contributed by atoms with van der Waals surface area (Å²) in [7, 11) is 0. The van der Waals surface area contributed by atoms with Crippen LogP contribution in [0.1, 0.15) is 36.0 Å². The molecule has 3 nitrogen and oxygen atoms in total. The quantitative estimate of drug-likeness (QED) is 0.729. The monoisotopic (exact) mass is 398 g/mol. The van der Waals surface area contributed by atoms with E-state index in [1.54, 1.807) is 30.3 Å². The Labute approximate surface area is 162 Å². The Bertz CT molecular complexity index is 787. The summed E-state index contributed by atoms with van der Waals surface area (Å²) < 4.78 is 39.0. The first kappa shape index (κ1) is 21.1. The van der Waals surface area contributed by atoms with Crippen LogP contribution < -0.4 is 11.1 Å². The van der Waals surface area contributed by atoms with E-state index < -0.39 is 17.2 Å². The molecule has 1 fully saturated rings. The van der Waals surface area contributed by atoms with Gasteiger partial charge in [-0.15, -0.1) is 12.4 Å². The van der Waals surface area contributed by atoms with E-state index in [0.29, 0.717) is 17.8 Å². The van der Waals surface area contributed by atoms with E-state index in [2.05, 4.69) is 5.32 Å². The molecule has 1 aliphatic carbocycles. The maximum atomic E-state index is 13.0. The SMILES string of the molecule is Cl.Nc1ccc(CC(=O)NCC2(c3cccc(C(F)(F)F)c3)CCC2)cc1. The van der Waals surface area contributed by atoms with Crippen molar-refractivity contribution in [3.8, 4) is 0 Å². The molecule has 3 rings (SSSR count). The number of halogens is 4. The third-order valence-electron chi connectivity index (χ3n) is 5.08. The topological polar surface area (TPSA) is 55.1 Å². The number of nitrogen functional groups attached to an aromatic ring is 1. The minimum atomic E-state index is -4.36. The van der Waals surface area contributed by atoms with E-state index in [0.717, 1.165) is 30.9 Å². The Morgan fingerprint density at radius 1 is 1.11 bits per heavy atom. The van der Waals surface area contributed by atoms with Crippen LogP contribution in [0.2, 0.25) is 0 Å². The number of benzene rings is 2. The number of nitrogens with one attached hydrogen (secondary N) is 1. The minimum absolute atomic E-state index is 0. The van der Waals surface area contributed by atoms with Crippen molar-refractivity contribution in [2.75, 3.05) is 12.3 Å². The van der Waals surface area contributed by atoms with Crippen LogP contribution in [0.3, 0.4) is 0 Å². The van der Waals surface area contributed by atoms with Crippen LogP contribution >= 0.6 is 12.4 Å². The van der Waals surface area contributed by atoms with Gasteiger partial charge in [0.05, 0.1) is 12.0 Å². The lowest BCUT2D eigenvalue weighted by Gasteiger charge is -2.43. The first-order valence-corrected chi connectivity index (χ1v) is 8.57. The molecule has 0 heterocycles. The molecule has 0 atom stereocenters. The van der Waals surface area contributed by atoms with Crippen LogP contribution in [-0.4, -0.2) is 12.5 Å². The third kappa shape index (κ3) is 4.95. The maximum absolute atomic E-state index is 13.0. The first-order valence-electron chi connectivity index (χ1n) is 8.57. The molecule has 0 aromatic heterocycles. The second kappa shape index (κ2) is 8.21. The van der Waals surface area contributed by atoms with Crippen LogP contribution in [0, 0.1) is 0 Å². The summed E-state index contributed by atoms with van der Waals surface area (Å²) in [5, 5.41) is 2.89. The Hall–Kier alpha value is -2.21. The van der Waals surface area contributed by atoms with Gasteiger partial charge in [0.15, 0.2) is 0 Å². The molecule has 2 aromatic carbocycles. The number of nitrogens with two attached hydrogens (primary N) is 1. The Kier molecular flexibility index (Phi) is 6.42. The Balaban J connectivity index is 0.00000261. The molecule has 3 N–H and O–H groups in total. The van der Waals surface area contributed by atoms with Crippen molar-refractivity contribution in [1.82, 2.24) is 5.32 Å². The predicted molar refractivity (Wildman–Crippen MR) is 102 cm³/mol. The highest BCUT2D eigenvalue weighted by molar-refractivity contribution is 5.85. The number of carbonyl (C=O) groups excluding carboxylic acids is 1. The second-order valence-electron chi connectivity index (χ2n) is 6.91. The molecule has 27 heavy (non-hydrogen) atoms. The van der Waals surface area contributed by atoms with Gasteiger partial charge >= 0.3 is 6.18 Å². The zero-order valence-corrected chi connectivity index (χ0v) is 15.5. The molecule has 0 saturated heterocycles. The fourth-order valence-electron chi connectivity index (χ4n) is 3.35. The Morgan fingerprint density at radius 3 is 2.33 bits per heavy atom. The number of alkyl halides is 3. The molecule has 146 valence electrons. The number of hydrogen-bond donors (Lipinski definition) is 2. The highest BCUT2D eigenvalue weighted by atomic mass is 35.5. The lowest BCUT2D eigenvalue weighted by Crippen LogP contribution is -2.46. The fraction of sp³-hybridized carbons (Fsp3) is 0.350. The van der Waals surface area contributed by atoms with Crippen LogP contribution in [0.4, 0.5) is 18.9 Å². The molecule has 0 aliphatic heterocycles. The van der Waals surface area contributed by atoms with Gasteiger partial charge in [-0.2, -0.15) is 13.2 Å². The lowest BCUT2D eigenvalue weighted by molar-refractivity contribution is -0.137. The zero-order valence-electron chi connectivity index (χ0n) is 14.7. The maximum Gasteiger partial charge on any atom is 0.416 e. The van der Waals surface area contributed by atoms with E-state index in [-0.39, 0.29) is 24.7 Å². The van der Waals surface area contributed by atoms with Crippen molar-refractivity contribution in [3.05, 3.63) is 65.2 Å². The van der Waals surface area contributed by atoms with Gasteiger partial charge in [0.1, 0.15) is 0 Å². The van der Waals surface area contributed by atoms with Crippen LogP contribution in [0.25, 0.3) is 0 Å². The van der Waals surface area contributed by atoms with Crippen molar-refractivity contribution in [2.45, 2.75) is 37.3 Å². The van der Waals surface area contributed by atoms with Gasteiger partial charge in [-0.25, -0.2) is 0 Å². The van der Waals surface area contributed by atoms with Gasteiger partial charge < -0.3 is 11.1 Å². The standard InChI is InChI=1S/C20H21F3N2O.ClH/c21-20(22,23)16-4-1-3-15(12-16)19(9-2-10-19)13-25-18(26)11-14-5-7-17(24)8-6-14;/h1,3-8,12H,2,9-11,13,24H2,(H,25,26);1H. The molecule has 0 unspecified atom stereocenters. The van der Waals surface area contributed by atoms with E-state index in [4.69, 9.17) is 5.73 Å². The molecule has 7 heteroatoms. The average Bonchev–Trinajstić information content (AvgIpc) is 2.55. The average molecular weight is 399 g/mol. The summed E-state index contributed by atoms with van der Waals surface area (Å²) in [5.41, 5.74) is 6.70. The smallest absolute Gasteiger partial charge is 0.399 e. The number of rotatable bonds is 5. The second-order valence-corrected chi connectivity index (χ2v) is 6.91. The lowest BCUT2D eigenvalue weighted by atomic mass is 9.64. The van der Waals surface area contributed by atoms with Crippen molar-refractivity contribution >= 4 is 24.0 Å². The van der Waals surface area contributed by atoms with E-state index in [1.165, 1.54) is 12.1 Å². The van der Waals surface area contributed by atoms with Gasteiger partial charge in [-0.05, 0) is 42.2 Å². The molecular weight excluding hydrogens is 377 g/mol. The summed E-state index contributed by atoms with van der Waals surface area (Å²) in [6.07, 6.45) is -1.64. The number of carbonyl (C=O) groups is 1. The number of hydrogen-bond acceptors (Lipinski definition) is 2. The molecule has 0 spiro atoms. The van der Waals surface area contributed by atoms with Gasteiger partial charge in [0, 0.05) is 17.6 Å². The molecule has 0 bridgehead atoms. The van der Waals surface area contributed by atoms with Crippen molar-refractivity contribution < 1.29 is 18.0 Å². The normalized spacial score (nSPS) is 15.4.